The van der Waals surface area contributed by atoms with Gasteiger partial charge in [0, 0.05) is 6.42 Å². The first-order chi connectivity index (χ1) is 6.76. The van der Waals surface area contributed by atoms with Gasteiger partial charge in [0.1, 0.15) is 0 Å². The number of halogens is 1. The molecule has 76 valence electrons. The summed E-state index contributed by atoms with van der Waals surface area (Å²) < 4.78 is 0. The fraction of sp³-hybridized carbons (Fsp3) is 0.125. The van der Waals surface area contributed by atoms with E-state index in [1.165, 1.54) is 0 Å². The molecule has 0 atom stereocenters. The third-order valence-corrected chi connectivity index (χ3v) is 1.72. The van der Waals surface area contributed by atoms with Gasteiger partial charge in [-0.05, 0) is 22.9 Å². The van der Waals surface area contributed by atoms with Gasteiger partial charge in [0.15, 0.2) is 10.9 Å². The van der Waals surface area contributed by atoms with E-state index >= 15 is 0 Å². The highest BCUT2D eigenvalue weighted by atomic mass is 35.5. The van der Waals surface area contributed by atoms with Crippen LogP contribution in [0.2, 0.25) is 0 Å². The lowest BCUT2D eigenvalue weighted by Gasteiger charge is -1.99. The topological polar surface area (TPSA) is 71.3 Å². The third-order valence-electron chi connectivity index (χ3n) is 1.52. The molecule has 1 aromatic carbocycles. The van der Waals surface area contributed by atoms with Crippen LogP contribution in [-0.2, 0) is 11.4 Å². The average molecular weight is 218 g/mol. The molecule has 0 amide bonds. The molecule has 1 aromatic rings. The van der Waals surface area contributed by atoms with Crippen LogP contribution in [0.1, 0.15) is 5.56 Å². The van der Waals surface area contributed by atoms with Crippen molar-refractivity contribution in [3.8, 4) is 5.75 Å². The van der Waals surface area contributed by atoms with Gasteiger partial charge < -0.3 is 4.89 Å². The normalized spacial score (nSPS) is 11.2. The van der Waals surface area contributed by atoms with Crippen LogP contribution in [0.15, 0.2) is 29.4 Å². The Kier molecular flexibility index (Phi) is 4.18. The van der Waals surface area contributed by atoms with E-state index in [0.29, 0.717) is 12.2 Å². The zero-order valence-corrected chi connectivity index (χ0v) is 7.81. The SMILES string of the molecule is OON=C(Cl)Cc1ccc(OO)cc1. The van der Waals surface area contributed by atoms with Gasteiger partial charge in [0.05, 0.1) is 0 Å². The molecule has 0 unspecified atom stereocenters. The number of rotatable bonds is 4. The summed E-state index contributed by atoms with van der Waals surface area (Å²) in [7, 11) is 0. The molecule has 0 aliphatic carbocycles. The first-order valence-electron chi connectivity index (χ1n) is 3.69. The van der Waals surface area contributed by atoms with Crippen molar-refractivity contribution < 1.29 is 20.4 Å². The second-order valence-electron chi connectivity index (χ2n) is 2.46. The van der Waals surface area contributed by atoms with Crippen LogP contribution < -0.4 is 4.89 Å². The molecule has 0 saturated heterocycles. The minimum atomic E-state index is 0.116. The van der Waals surface area contributed by atoms with Crippen LogP contribution in [0.25, 0.3) is 0 Å². The average Bonchev–Trinajstić information content (AvgIpc) is 2.19. The monoisotopic (exact) mass is 217 g/mol. The van der Waals surface area contributed by atoms with Crippen LogP contribution >= 0.6 is 11.6 Å². The van der Waals surface area contributed by atoms with Crippen molar-refractivity contribution in [1.82, 2.24) is 0 Å². The molecule has 14 heavy (non-hydrogen) atoms. The summed E-state index contributed by atoms with van der Waals surface area (Å²) in [5, 5.41) is 19.5. The smallest absolute Gasteiger partial charge is 0.165 e. The van der Waals surface area contributed by atoms with E-state index in [-0.39, 0.29) is 5.17 Å². The highest BCUT2D eigenvalue weighted by molar-refractivity contribution is 6.65. The second-order valence-corrected chi connectivity index (χ2v) is 2.90. The lowest BCUT2D eigenvalue weighted by Crippen LogP contribution is -1.95. The Labute approximate surface area is 85.0 Å². The van der Waals surface area contributed by atoms with E-state index in [0.717, 1.165) is 5.56 Å². The Morgan fingerprint density at radius 1 is 1.29 bits per heavy atom. The minimum Gasteiger partial charge on any atom is -0.340 e. The third kappa shape index (κ3) is 3.21. The predicted octanol–water partition coefficient (Wildman–Crippen LogP) is 2.12. The largest absolute Gasteiger partial charge is 0.340 e. The van der Waals surface area contributed by atoms with Crippen LogP contribution in [0.4, 0.5) is 0 Å². The number of oxime groups is 1. The molecule has 0 spiro atoms. The molecule has 0 aliphatic heterocycles. The van der Waals surface area contributed by atoms with Gasteiger partial charge in [-0.15, -0.1) is 0 Å². The van der Waals surface area contributed by atoms with E-state index in [1.54, 1.807) is 24.3 Å². The Balaban J connectivity index is 2.64. The summed E-state index contributed by atoms with van der Waals surface area (Å²) in [4.78, 5) is 7.51. The number of hydrogen-bond acceptors (Lipinski definition) is 5. The fourth-order valence-electron chi connectivity index (χ4n) is 0.913. The maximum Gasteiger partial charge on any atom is 0.165 e. The number of benzene rings is 1. The molecule has 0 aromatic heterocycles. The van der Waals surface area contributed by atoms with Gasteiger partial charge in [-0.2, -0.15) is 5.26 Å². The lowest BCUT2D eigenvalue weighted by molar-refractivity contribution is -0.242. The molecule has 5 nitrogen and oxygen atoms in total. The molecular weight excluding hydrogens is 210 g/mol. The summed E-state index contributed by atoms with van der Waals surface area (Å²) in [5.74, 6) is 0.334. The van der Waals surface area contributed by atoms with Crippen molar-refractivity contribution in [3.05, 3.63) is 29.8 Å². The molecule has 0 bridgehead atoms. The highest BCUT2D eigenvalue weighted by Crippen LogP contribution is 2.12. The van der Waals surface area contributed by atoms with E-state index in [1.807, 2.05) is 0 Å². The van der Waals surface area contributed by atoms with Crippen LogP contribution in [0.3, 0.4) is 0 Å². The first-order valence-corrected chi connectivity index (χ1v) is 4.07. The van der Waals surface area contributed by atoms with Crippen molar-refractivity contribution in [2.75, 3.05) is 0 Å². The van der Waals surface area contributed by atoms with Gasteiger partial charge in [-0.3, -0.25) is 0 Å². The van der Waals surface area contributed by atoms with Gasteiger partial charge >= 0.3 is 0 Å². The Morgan fingerprint density at radius 3 is 2.43 bits per heavy atom. The molecule has 0 aliphatic rings. The van der Waals surface area contributed by atoms with Crippen molar-refractivity contribution in [2.24, 2.45) is 5.16 Å². The standard InChI is InChI=1S/C8H8ClNO4/c9-8(10-14-12)5-6-1-3-7(13-11)4-2-6/h1-4,11-12H,5H2. The number of nitrogens with zero attached hydrogens (tertiary/aromatic N) is 1. The van der Waals surface area contributed by atoms with Crippen molar-refractivity contribution in [2.45, 2.75) is 6.42 Å². The van der Waals surface area contributed by atoms with Crippen molar-refractivity contribution in [1.29, 1.82) is 0 Å². The summed E-state index contributed by atoms with van der Waals surface area (Å²) in [6, 6.07) is 6.53. The molecule has 6 heteroatoms. The van der Waals surface area contributed by atoms with Gasteiger partial charge in [0.2, 0.25) is 0 Å². The van der Waals surface area contributed by atoms with Crippen LogP contribution in [0.5, 0.6) is 5.75 Å². The van der Waals surface area contributed by atoms with Gasteiger partial charge in [-0.25, -0.2) is 10.2 Å². The second kappa shape index (κ2) is 5.43. The molecular formula is C8H8ClNO4. The van der Waals surface area contributed by atoms with Gasteiger partial charge in [0.25, 0.3) is 0 Å². The van der Waals surface area contributed by atoms with E-state index < -0.39 is 0 Å². The van der Waals surface area contributed by atoms with E-state index in [2.05, 4.69) is 15.0 Å². The van der Waals surface area contributed by atoms with Crippen molar-refractivity contribution >= 4 is 16.8 Å². The molecule has 0 fully saturated rings. The van der Waals surface area contributed by atoms with Crippen molar-refractivity contribution in [3.63, 3.8) is 0 Å². The Hall–Kier alpha value is -1.30. The maximum absolute atomic E-state index is 8.29. The molecule has 1 rings (SSSR count). The Morgan fingerprint density at radius 2 is 1.93 bits per heavy atom. The van der Waals surface area contributed by atoms with Gasteiger partial charge in [-0.1, -0.05) is 23.7 Å². The molecule has 0 saturated carbocycles. The van der Waals surface area contributed by atoms with E-state index in [4.69, 9.17) is 22.1 Å². The summed E-state index contributed by atoms with van der Waals surface area (Å²) in [6.45, 7) is 0. The zero-order chi connectivity index (χ0) is 10.4. The molecule has 0 radical (unpaired) electrons. The first kappa shape index (κ1) is 10.8. The number of hydrogen-bond donors (Lipinski definition) is 2. The minimum absolute atomic E-state index is 0.116. The molecule has 2 N–H and O–H groups in total. The summed E-state index contributed by atoms with van der Waals surface area (Å²) >= 11 is 5.57. The summed E-state index contributed by atoms with van der Waals surface area (Å²) in [5.41, 5.74) is 0.844. The summed E-state index contributed by atoms with van der Waals surface area (Å²) in [6.07, 6.45) is 0.327. The maximum atomic E-state index is 8.29. The van der Waals surface area contributed by atoms with Crippen LogP contribution in [0, 0.1) is 0 Å². The predicted molar refractivity (Wildman–Crippen MR) is 50.4 cm³/mol. The molecule has 0 heterocycles. The quantitative estimate of drug-likeness (QED) is 0.460. The van der Waals surface area contributed by atoms with Crippen LogP contribution in [-0.4, -0.2) is 15.7 Å². The van der Waals surface area contributed by atoms with E-state index in [9.17, 15) is 0 Å². The lowest BCUT2D eigenvalue weighted by atomic mass is 10.1. The Bertz CT molecular complexity index is 312. The zero-order valence-electron chi connectivity index (χ0n) is 7.05. The fourth-order valence-corrected chi connectivity index (χ4v) is 1.10. The highest BCUT2D eigenvalue weighted by Gasteiger charge is 2.00.